The van der Waals surface area contributed by atoms with Crippen molar-refractivity contribution in [3.63, 3.8) is 0 Å². The van der Waals surface area contributed by atoms with E-state index in [9.17, 15) is 0 Å². The second-order valence-electron chi connectivity index (χ2n) is 9.13. The van der Waals surface area contributed by atoms with Crippen LogP contribution >= 0.6 is 11.3 Å². The van der Waals surface area contributed by atoms with Crippen molar-refractivity contribution in [1.29, 1.82) is 0 Å². The highest BCUT2D eigenvalue weighted by Gasteiger charge is 2.36. The average molecular weight is 357 g/mol. The summed E-state index contributed by atoms with van der Waals surface area (Å²) in [6, 6.07) is 9.03. The minimum absolute atomic E-state index is 0.519. The van der Waals surface area contributed by atoms with E-state index in [0.717, 1.165) is 11.8 Å². The Bertz CT molecular complexity index is 700. The molecule has 0 amide bonds. The number of rotatable bonds is 4. The molecule has 1 aromatic heterocycles. The van der Waals surface area contributed by atoms with Crippen molar-refractivity contribution >= 4 is 27.1 Å². The van der Waals surface area contributed by atoms with Gasteiger partial charge in [-0.3, -0.25) is 4.90 Å². The molecule has 3 heteroatoms. The molecule has 2 aliphatic rings. The molecule has 0 spiro atoms. The number of fused-ring (bicyclic) bond motifs is 1. The number of benzene rings is 1. The van der Waals surface area contributed by atoms with Gasteiger partial charge >= 0.3 is 0 Å². The van der Waals surface area contributed by atoms with Crippen LogP contribution in [-0.4, -0.2) is 37.6 Å². The highest BCUT2D eigenvalue weighted by molar-refractivity contribution is 7.17. The zero-order chi connectivity index (χ0) is 17.4. The van der Waals surface area contributed by atoms with Crippen molar-refractivity contribution in [2.75, 3.05) is 37.6 Å². The van der Waals surface area contributed by atoms with Crippen molar-refractivity contribution < 1.29 is 0 Å². The van der Waals surface area contributed by atoms with Crippen molar-refractivity contribution in [1.82, 2.24) is 4.90 Å². The normalized spacial score (nSPS) is 25.3. The Balaban J connectivity index is 1.25. The molecule has 1 aliphatic carbocycles. The summed E-state index contributed by atoms with van der Waals surface area (Å²) in [5, 5.41) is 3.65. The maximum absolute atomic E-state index is 2.69. The minimum atomic E-state index is 0.519. The van der Waals surface area contributed by atoms with Gasteiger partial charge in [0.25, 0.3) is 0 Å². The average Bonchev–Trinajstić information content (AvgIpc) is 3.01. The molecular weight excluding hydrogens is 324 g/mol. The molecule has 0 bridgehead atoms. The van der Waals surface area contributed by atoms with Crippen molar-refractivity contribution in [2.45, 2.75) is 40.0 Å². The van der Waals surface area contributed by atoms with E-state index >= 15 is 0 Å². The van der Waals surface area contributed by atoms with E-state index in [0.29, 0.717) is 5.41 Å². The third kappa shape index (κ3) is 3.73. The van der Waals surface area contributed by atoms with Crippen LogP contribution in [0.4, 0.5) is 5.69 Å². The quantitative estimate of drug-likeness (QED) is 0.715. The van der Waals surface area contributed by atoms with Gasteiger partial charge in [-0.15, -0.1) is 11.3 Å². The van der Waals surface area contributed by atoms with Crippen LogP contribution in [0.2, 0.25) is 0 Å². The second-order valence-corrected chi connectivity index (χ2v) is 10.1. The van der Waals surface area contributed by atoms with Crippen molar-refractivity contribution in [2.24, 2.45) is 17.3 Å². The van der Waals surface area contributed by atoms with Gasteiger partial charge in [-0.25, -0.2) is 0 Å². The summed E-state index contributed by atoms with van der Waals surface area (Å²) in [6.45, 7) is 13.3. The zero-order valence-corrected chi connectivity index (χ0v) is 16.8. The molecule has 0 unspecified atom stereocenters. The van der Waals surface area contributed by atoms with Crippen LogP contribution in [0.25, 0.3) is 10.1 Å². The van der Waals surface area contributed by atoms with Crippen LogP contribution in [0.1, 0.15) is 40.0 Å². The summed E-state index contributed by atoms with van der Waals surface area (Å²) in [5.41, 5.74) is 1.95. The number of hydrogen-bond acceptors (Lipinski definition) is 3. The Morgan fingerprint density at radius 3 is 2.52 bits per heavy atom. The fraction of sp³-hybridized carbons (Fsp3) is 0.636. The van der Waals surface area contributed by atoms with Crippen LogP contribution in [0, 0.1) is 17.3 Å². The maximum atomic E-state index is 2.69. The molecular formula is C22H32N2S. The largest absolute Gasteiger partial charge is 0.368 e. The third-order valence-electron chi connectivity index (χ3n) is 6.50. The van der Waals surface area contributed by atoms with Crippen LogP contribution in [0.3, 0.4) is 0 Å². The molecule has 0 radical (unpaired) electrons. The Kier molecular flexibility index (Phi) is 4.81. The number of hydrogen-bond donors (Lipinski definition) is 0. The SMILES string of the molecule is CC(C)(C)C1CC(CCN2CCN(c3cccc4sccc34)CC2)C1. The Morgan fingerprint density at radius 2 is 1.80 bits per heavy atom. The van der Waals surface area contributed by atoms with Crippen LogP contribution in [-0.2, 0) is 0 Å². The Hall–Kier alpha value is -1.06. The van der Waals surface area contributed by atoms with Crippen LogP contribution in [0.15, 0.2) is 29.6 Å². The highest BCUT2D eigenvalue weighted by Crippen LogP contribution is 2.46. The number of anilines is 1. The van der Waals surface area contributed by atoms with Crippen molar-refractivity contribution in [3.05, 3.63) is 29.6 Å². The first-order valence-electron chi connectivity index (χ1n) is 9.94. The topological polar surface area (TPSA) is 6.48 Å². The predicted octanol–water partition coefficient (Wildman–Crippen LogP) is 5.49. The zero-order valence-electron chi connectivity index (χ0n) is 16.0. The molecule has 1 saturated heterocycles. The summed E-state index contributed by atoms with van der Waals surface area (Å²) in [5.74, 6) is 1.95. The molecule has 1 saturated carbocycles. The maximum Gasteiger partial charge on any atom is 0.0455 e. The van der Waals surface area contributed by atoms with Crippen molar-refractivity contribution in [3.8, 4) is 0 Å². The molecule has 25 heavy (non-hydrogen) atoms. The minimum Gasteiger partial charge on any atom is -0.368 e. The van der Waals surface area contributed by atoms with Gasteiger partial charge in [-0.1, -0.05) is 26.8 Å². The number of thiophene rings is 1. The summed E-state index contributed by atoms with van der Waals surface area (Å²) in [4.78, 5) is 5.28. The summed E-state index contributed by atoms with van der Waals surface area (Å²) < 4.78 is 1.42. The molecule has 4 rings (SSSR count). The molecule has 2 heterocycles. The van der Waals surface area contributed by atoms with Crippen LogP contribution in [0.5, 0.6) is 0 Å². The van der Waals surface area contributed by atoms with Gasteiger partial charge in [0.1, 0.15) is 0 Å². The lowest BCUT2D eigenvalue weighted by molar-refractivity contribution is 0.0630. The molecule has 1 aromatic carbocycles. The van der Waals surface area contributed by atoms with E-state index in [1.54, 1.807) is 0 Å². The summed E-state index contributed by atoms with van der Waals surface area (Å²) in [6.07, 6.45) is 4.33. The highest BCUT2D eigenvalue weighted by atomic mass is 32.1. The van der Waals surface area contributed by atoms with E-state index in [1.807, 2.05) is 11.3 Å². The molecule has 0 atom stereocenters. The number of piperazine rings is 1. The van der Waals surface area contributed by atoms with E-state index in [2.05, 4.69) is 60.2 Å². The monoisotopic (exact) mass is 356 g/mol. The van der Waals surface area contributed by atoms with E-state index in [1.165, 1.54) is 67.8 Å². The van der Waals surface area contributed by atoms with Crippen LogP contribution < -0.4 is 4.90 Å². The first-order valence-corrected chi connectivity index (χ1v) is 10.8. The lowest BCUT2D eigenvalue weighted by Gasteiger charge is -2.45. The smallest absolute Gasteiger partial charge is 0.0455 e. The van der Waals surface area contributed by atoms with Gasteiger partial charge in [0.15, 0.2) is 0 Å². The standard InChI is InChI=1S/C22H32N2S/c1-22(2,3)18-15-17(16-18)7-9-23-10-12-24(13-11-23)20-5-4-6-21-19(20)8-14-25-21/h4-6,8,14,17-18H,7,9-13,15-16H2,1-3H3. The van der Waals surface area contributed by atoms with Gasteiger partial charge in [0, 0.05) is 42.0 Å². The Labute approximate surface area is 156 Å². The first-order chi connectivity index (χ1) is 12.0. The van der Waals surface area contributed by atoms with Gasteiger partial charge in [-0.2, -0.15) is 0 Å². The molecule has 136 valence electrons. The van der Waals surface area contributed by atoms with E-state index in [-0.39, 0.29) is 0 Å². The Morgan fingerprint density at radius 1 is 1.04 bits per heavy atom. The van der Waals surface area contributed by atoms with Gasteiger partial charge in [0.2, 0.25) is 0 Å². The van der Waals surface area contributed by atoms with Gasteiger partial charge in [-0.05, 0) is 66.6 Å². The third-order valence-corrected chi connectivity index (χ3v) is 7.38. The summed E-state index contributed by atoms with van der Waals surface area (Å²) in [7, 11) is 0. The predicted molar refractivity (Wildman–Crippen MR) is 111 cm³/mol. The molecule has 2 aromatic rings. The number of nitrogens with zero attached hydrogens (tertiary/aromatic N) is 2. The molecule has 1 aliphatic heterocycles. The lowest BCUT2D eigenvalue weighted by atomic mass is 9.62. The van der Waals surface area contributed by atoms with Gasteiger partial charge < -0.3 is 4.90 Å². The van der Waals surface area contributed by atoms with E-state index < -0.39 is 0 Å². The fourth-order valence-electron chi connectivity index (χ4n) is 4.51. The first kappa shape index (κ1) is 17.4. The summed E-state index contributed by atoms with van der Waals surface area (Å²) >= 11 is 1.85. The second kappa shape index (κ2) is 6.92. The van der Waals surface area contributed by atoms with Gasteiger partial charge in [0.05, 0.1) is 0 Å². The molecule has 2 nitrogen and oxygen atoms in total. The molecule has 2 fully saturated rings. The lowest BCUT2D eigenvalue weighted by Crippen LogP contribution is -2.47. The fourth-order valence-corrected chi connectivity index (χ4v) is 5.32. The molecule has 0 N–H and O–H groups in total. The van der Waals surface area contributed by atoms with E-state index in [4.69, 9.17) is 0 Å².